The van der Waals surface area contributed by atoms with E-state index in [2.05, 4.69) is 0 Å². The summed E-state index contributed by atoms with van der Waals surface area (Å²) in [4.78, 5) is 39.1. The van der Waals surface area contributed by atoms with Crippen LogP contribution in [-0.4, -0.2) is 40.8 Å². The Morgan fingerprint density at radius 2 is 1.67 bits per heavy atom. The molecule has 4 amide bonds. The molecule has 2 heterocycles. The lowest BCUT2D eigenvalue weighted by molar-refractivity contribution is -0.143. The van der Waals surface area contributed by atoms with Crippen molar-refractivity contribution in [2.24, 2.45) is 0 Å². The van der Waals surface area contributed by atoms with Crippen LogP contribution in [0, 0.1) is 0 Å². The summed E-state index contributed by atoms with van der Waals surface area (Å²) in [6, 6.07) is 12.4. The van der Waals surface area contributed by atoms with Crippen LogP contribution >= 0.6 is 11.3 Å². The first-order valence-electron chi connectivity index (χ1n) is 7.54. The summed E-state index contributed by atoms with van der Waals surface area (Å²) in [6.45, 7) is 0.662. The SMILES string of the molecule is O=C1C(=O)N(Cc2cccs2)C(=O)N1CCCOc1ccccc1. The molecule has 1 saturated heterocycles. The zero-order valence-electron chi connectivity index (χ0n) is 12.9. The van der Waals surface area contributed by atoms with Crippen molar-refractivity contribution >= 4 is 29.2 Å². The molecule has 0 spiro atoms. The molecule has 1 aromatic heterocycles. The van der Waals surface area contributed by atoms with E-state index >= 15 is 0 Å². The largest absolute Gasteiger partial charge is 0.494 e. The van der Waals surface area contributed by atoms with E-state index in [9.17, 15) is 14.4 Å². The molecule has 0 N–H and O–H groups in total. The summed E-state index contributed by atoms with van der Waals surface area (Å²) in [5, 5.41) is 1.86. The molecule has 0 bridgehead atoms. The number of urea groups is 1. The number of rotatable bonds is 7. The van der Waals surface area contributed by atoms with E-state index in [1.807, 2.05) is 47.8 Å². The van der Waals surface area contributed by atoms with Crippen LogP contribution in [0.5, 0.6) is 5.75 Å². The van der Waals surface area contributed by atoms with Crippen molar-refractivity contribution in [2.45, 2.75) is 13.0 Å². The van der Waals surface area contributed by atoms with Gasteiger partial charge in [-0.05, 0) is 30.0 Å². The van der Waals surface area contributed by atoms with Crippen molar-refractivity contribution in [2.75, 3.05) is 13.2 Å². The number of hydrogen-bond donors (Lipinski definition) is 0. The van der Waals surface area contributed by atoms with E-state index in [0.717, 1.165) is 20.4 Å². The lowest BCUT2D eigenvalue weighted by Crippen LogP contribution is -2.34. The second-order valence-electron chi connectivity index (χ2n) is 5.23. The lowest BCUT2D eigenvalue weighted by Gasteiger charge is -2.15. The van der Waals surface area contributed by atoms with E-state index < -0.39 is 17.8 Å². The van der Waals surface area contributed by atoms with E-state index in [1.54, 1.807) is 0 Å². The molecule has 1 aliphatic heterocycles. The van der Waals surface area contributed by atoms with Gasteiger partial charge in [0.15, 0.2) is 0 Å². The summed E-state index contributed by atoms with van der Waals surface area (Å²) < 4.78 is 5.53. The van der Waals surface area contributed by atoms with Crippen molar-refractivity contribution in [1.82, 2.24) is 9.80 Å². The molecule has 1 fully saturated rings. The third-order valence-electron chi connectivity index (χ3n) is 3.57. The van der Waals surface area contributed by atoms with Gasteiger partial charge >= 0.3 is 17.8 Å². The van der Waals surface area contributed by atoms with Crippen LogP contribution in [0.15, 0.2) is 47.8 Å². The van der Waals surface area contributed by atoms with Crippen LogP contribution < -0.4 is 4.74 Å². The third kappa shape index (κ3) is 3.46. The van der Waals surface area contributed by atoms with Crippen molar-refractivity contribution in [3.63, 3.8) is 0 Å². The maximum Gasteiger partial charge on any atom is 0.334 e. The van der Waals surface area contributed by atoms with Gasteiger partial charge in [0, 0.05) is 11.4 Å². The van der Waals surface area contributed by atoms with Crippen molar-refractivity contribution in [3.05, 3.63) is 52.7 Å². The molecule has 6 nitrogen and oxygen atoms in total. The van der Waals surface area contributed by atoms with Gasteiger partial charge in [0.05, 0.1) is 13.2 Å². The highest BCUT2D eigenvalue weighted by Gasteiger charge is 2.44. The number of benzene rings is 1. The summed E-state index contributed by atoms with van der Waals surface area (Å²) in [7, 11) is 0. The highest BCUT2D eigenvalue weighted by molar-refractivity contribution is 7.09. The molecule has 3 rings (SSSR count). The van der Waals surface area contributed by atoms with Crippen LogP contribution in [-0.2, 0) is 16.1 Å². The highest BCUT2D eigenvalue weighted by atomic mass is 32.1. The van der Waals surface area contributed by atoms with Crippen LogP contribution in [0.2, 0.25) is 0 Å². The predicted octanol–water partition coefficient (Wildman–Crippen LogP) is 2.51. The molecule has 124 valence electrons. The molecule has 7 heteroatoms. The predicted molar refractivity (Wildman–Crippen MR) is 88.5 cm³/mol. The smallest absolute Gasteiger partial charge is 0.334 e. The highest BCUT2D eigenvalue weighted by Crippen LogP contribution is 2.19. The van der Waals surface area contributed by atoms with Crippen molar-refractivity contribution < 1.29 is 19.1 Å². The third-order valence-corrected chi connectivity index (χ3v) is 4.43. The fraction of sp³-hybridized carbons (Fsp3) is 0.235. The second-order valence-corrected chi connectivity index (χ2v) is 6.26. The van der Waals surface area contributed by atoms with Crippen LogP contribution in [0.4, 0.5) is 4.79 Å². The molecular weight excluding hydrogens is 328 g/mol. The average Bonchev–Trinajstić information content (AvgIpc) is 3.18. The van der Waals surface area contributed by atoms with E-state index in [0.29, 0.717) is 13.0 Å². The molecule has 24 heavy (non-hydrogen) atoms. The summed E-state index contributed by atoms with van der Waals surface area (Å²) in [5.74, 6) is -0.805. The van der Waals surface area contributed by atoms with Gasteiger partial charge < -0.3 is 4.74 Å². The molecule has 2 aromatic rings. The molecular formula is C17H16N2O4S. The van der Waals surface area contributed by atoms with Crippen molar-refractivity contribution in [1.29, 1.82) is 0 Å². The summed E-state index contributed by atoms with van der Waals surface area (Å²) in [5.41, 5.74) is 0. The maximum atomic E-state index is 12.3. The van der Waals surface area contributed by atoms with Crippen LogP contribution in [0.25, 0.3) is 0 Å². The molecule has 1 aliphatic rings. The Kier molecular flexibility index (Phi) is 4.90. The summed E-state index contributed by atoms with van der Waals surface area (Å²) in [6.07, 6.45) is 0.465. The normalized spacial score (nSPS) is 14.6. The molecule has 0 radical (unpaired) electrons. The van der Waals surface area contributed by atoms with E-state index in [4.69, 9.17) is 4.74 Å². The second kappa shape index (κ2) is 7.27. The van der Waals surface area contributed by atoms with Gasteiger partial charge in [-0.25, -0.2) is 4.79 Å². The molecule has 0 unspecified atom stereocenters. The number of amides is 4. The maximum absolute atomic E-state index is 12.3. The van der Waals surface area contributed by atoms with Gasteiger partial charge in [-0.2, -0.15) is 0 Å². The Hall–Kier alpha value is -2.67. The van der Waals surface area contributed by atoms with Crippen molar-refractivity contribution in [3.8, 4) is 5.75 Å². The topological polar surface area (TPSA) is 66.9 Å². The van der Waals surface area contributed by atoms with Gasteiger partial charge in [-0.15, -0.1) is 11.3 Å². The average molecular weight is 344 g/mol. The van der Waals surface area contributed by atoms with Crippen LogP contribution in [0.1, 0.15) is 11.3 Å². The van der Waals surface area contributed by atoms with E-state index in [1.165, 1.54) is 11.3 Å². The Morgan fingerprint density at radius 3 is 2.38 bits per heavy atom. The molecule has 0 atom stereocenters. The Morgan fingerprint density at radius 1 is 0.917 bits per heavy atom. The minimum Gasteiger partial charge on any atom is -0.494 e. The van der Waals surface area contributed by atoms with Gasteiger partial charge in [0.2, 0.25) is 0 Å². The zero-order chi connectivity index (χ0) is 16.9. The minimum atomic E-state index is -0.767. The number of ether oxygens (including phenoxy) is 1. The summed E-state index contributed by atoms with van der Waals surface area (Å²) >= 11 is 1.44. The number of hydrogen-bond acceptors (Lipinski definition) is 5. The number of nitrogens with zero attached hydrogens (tertiary/aromatic N) is 2. The first kappa shape index (κ1) is 16.2. The first-order valence-corrected chi connectivity index (χ1v) is 8.42. The molecule has 1 aromatic carbocycles. The molecule has 0 saturated carbocycles. The van der Waals surface area contributed by atoms with Gasteiger partial charge in [-0.3, -0.25) is 19.4 Å². The number of carbonyl (C=O) groups excluding carboxylic acids is 3. The van der Waals surface area contributed by atoms with Gasteiger partial charge in [-0.1, -0.05) is 24.3 Å². The standard InChI is InChI=1S/C17H16N2O4S/c20-15-16(21)19(12-14-8-4-11-24-14)17(22)18(15)9-5-10-23-13-6-2-1-3-7-13/h1-4,6-8,11H,5,9-10,12H2. The Labute approximate surface area is 143 Å². The van der Waals surface area contributed by atoms with E-state index in [-0.39, 0.29) is 13.1 Å². The monoisotopic (exact) mass is 344 g/mol. The van der Waals surface area contributed by atoms with Crippen LogP contribution in [0.3, 0.4) is 0 Å². The molecule has 0 aliphatic carbocycles. The first-order chi connectivity index (χ1) is 11.7. The number of imide groups is 2. The lowest BCUT2D eigenvalue weighted by atomic mass is 10.3. The number of para-hydroxylation sites is 1. The van der Waals surface area contributed by atoms with Gasteiger partial charge in [0.25, 0.3) is 0 Å². The minimum absolute atomic E-state index is 0.137. The number of thiophene rings is 1. The Bertz CT molecular complexity index is 730. The quantitative estimate of drug-likeness (QED) is 0.440. The fourth-order valence-electron chi connectivity index (χ4n) is 2.37. The number of carbonyl (C=O) groups is 3. The van der Waals surface area contributed by atoms with Gasteiger partial charge in [0.1, 0.15) is 5.75 Å². The Balaban J connectivity index is 1.53. The fourth-order valence-corrected chi connectivity index (χ4v) is 3.07. The zero-order valence-corrected chi connectivity index (χ0v) is 13.7.